The van der Waals surface area contributed by atoms with Crippen molar-refractivity contribution in [3.8, 4) is 5.75 Å². The van der Waals surface area contributed by atoms with Gasteiger partial charge in [0.15, 0.2) is 0 Å². The molecule has 7 heteroatoms. The summed E-state index contributed by atoms with van der Waals surface area (Å²) in [6.07, 6.45) is 0. The highest BCUT2D eigenvalue weighted by Crippen LogP contribution is 2.41. The van der Waals surface area contributed by atoms with Crippen LogP contribution in [0.5, 0.6) is 5.75 Å². The van der Waals surface area contributed by atoms with Crippen LogP contribution in [-0.4, -0.2) is 33.4 Å². The maximum absolute atomic E-state index is 13.3. The molecule has 1 fully saturated rings. The van der Waals surface area contributed by atoms with Gasteiger partial charge in [0.2, 0.25) is 5.95 Å². The first-order chi connectivity index (χ1) is 16.9. The number of aliphatic hydroxyl groups is 1. The first-order valence-electron chi connectivity index (χ1n) is 11.5. The number of carbonyl (C=O) groups excluding carboxylic acids is 2. The predicted molar refractivity (Wildman–Crippen MR) is 134 cm³/mol. The van der Waals surface area contributed by atoms with Gasteiger partial charge >= 0.3 is 5.91 Å². The molecule has 176 valence electrons. The van der Waals surface area contributed by atoms with Crippen molar-refractivity contribution in [2.45, 2.75) is 19.9 Å². The third-order valence-corrected chi connectivity index (χ3v) is 5.86. The van der Waals surface area contributed by atoms with Crippen LogP contribution in [0.3, 0.4) is 0 Å². The number of fused-ring (bicyclic) bond motifs is 1. The number of nitrogens with zero attached hydrogens (tertiary/aromatic N) is 2. The molecule has 0 radical (unpaired) electrons. The number of rotatable bonds is 6. The fraction of sp³-hybridized carbons (Fsp3) is 0.179. The van der Waals surface area contributed by atoms with E-state index in [9.17, 15) is 14.7 Å². The minimum Gasteiger partial charge on any atom is -0.507 e. The summed E-state index contributed by atoms with van der Waals surface area (Å²) in [4.78, 5) is 35.6. The van der Waals surface area contributed by atoms with E-state index in [-0.39, 0.29) is 17.3 Å². The molecule has 1 atom stereocenters. The normalized spacial score (nSPS) is 17.5. The van der Waals surface area contributed by atoms with E-state index in [1.165, 1.54) is 4.90 Å². The summed E-state index contributed by atoms with van der Waals surface area (Å²) in [5.41, 5.74) is 2.50. The molecule has 1 saturated heterocycles. The van der Waals surface area contributed by atoms with Crippen LogP contribution in [0.15, 0.2) is 84.4 Å². The van der Waals surface area contributed by atoms with Crippen molar-refractivity contribution in [3.05, 3.63) is 95.6 Å². The maximum atomic E-state index is 13.3. The summed E-state index contributed by atoms with van der Waals surface area (Å²) in [5, 5.41) is 11.3. The molecule has 2 heterocycles. The minimum absolute atomic E-state index is 0.00247. The van der Waals surface area contributed by atoms with Crippen molar-refractivity contribution in [1.82, 2.24) is 9.97 Å². The Hall–Kier alpha value is -4.39. The monoisotopic (exact) mass is 467 g/mol. The summed E-state index contributed by atoms with van der Waals surface area (Å²) in [6, 6.07) is 22.6. The summed E-state index contributed by atoms with van der Waals surface area (Å²) in [7, 11) is 0. The highest BCUT2D eigenvalue weighted by Gasteiger charge is 2.48. The number of H-pyrrole nitrogens is 1. The number of Topliss-reactive ketones (excluding diaryl/α,β-unsaturated/α-hetero) is 1. The lowest BCUT2D eigenvalue weighted by Gasteiger charge is -2.23. The van der Waals surface area contributed by atoms with Crippen molar-refractivity contribution < 1.29 is 19.4 Å². The van der Waals surface area contributed by atoms with Gasteiger partial charge in [-0.25, -0.2) is 4.98 Å². The third-order valence-electron chi connectivity index (χ3n) is 5.86. The number of carbonyl (C=O) groups is 2. The quantitative estimate of drug-likeness (QED) is 0.230. The van der Waals surface area contributed by atoms with Gasteiger partial charge in [-0.2, -0.15) is 0 Å². The first kappa shape index (κ1) is 22.4. The number of anilines is 1. The van der Waals surface area contributed by atoms with Crippen LogP contribution in [0, 0.1) is 5.92 Å². The zero-order valence-corrected chi connectivity index (χ0v) is 19.4. The van der Waals surface area contributed by atoms with Crippen LogP contribution in [0.1, 0.15) is 31.0 Å². The molecule has 2 N–H and O–H groups in total. The van der Waals surface area contributed by atoms with Crippen LogP contribution in [0.25, 0.3) is 16.8 Å². The highest BCUT2D eigenvalue weighted by atomic mass is 16.5. The number of para-hydroxylation sites is 2. The van der Waals surface area contributed by atoms with Gasteiger partial charge in [-0.3, -0.25) is 14.5 Å². The minimum atomic E-state index is -0.850. The van der Waals surface area contributed by atoms with E-state index < -0.39 is 17.7 Å². The average Bonchev–Trinajstić information content (AvgIpc) is 3.41. The fourth-order valence-electron chi connectivity index (χ4n) is 4.21. The molecule has 1 unspecified atom stereocenters. The number of ketones is 1. The number of aliphatic hydroxyl groups excluding tert-OH is 1. The second kappa shape index (κ2) is 9.10. The van der Waals surface area contributed by atoms with Crippen molar-refractivity contribution in [1.29, 1.82) is 0 Å². The van der Waals surface area contributed by atoms with Gasteiger partial charge in [0, 0.05) is 5.56 Å². The average molecular weight is 468 g/mol. The van der Waals surface area contributed by atoms with Crippen LogP contribution < -0.4 is 9.64 Å². The van der Waals surface area contributed by atoms with Crippen molar-refractivity contribution in [2.75, 3.05) is 11.5 Å². The number of nitrogens with one attached hydrogen (secondary N) is 1. The molecule has 1 aliphatic rings. The molecule has 1 aliphatic heterocycles. The van der Waals surface area contributed by atoms with Crippen LogP contribution >= 0.6 is 0 Å². The Balaban J connectivity index is 1.64. The Morgan fingerprint density at radius 2 is 1.77 bits per heavy atom. The van der Waals surface area contributed by atoms with Gasteiger partial charge in [-0.05, 0) is 35.7 Å². The molecule has 7 nitrogen and oxygen atoms in total. The maximum Gasteiger partial charge on any atom is 0.302 e. The Labute approximate surface area is 202 Å². The fourth-order valence-corrected chi connectivity index (χ4v) is 4.21. The molecule has 0 aliphatic carbocycles. The smallest absolute Gasteiger partial charge is 0.302 e. The molecule has 0 saturated carbocycles. The van der Waals surface area contributed by atoms with Gasteiger partial charge in [0.25, 0.3) is 5.78 Å². The van der Waals surface area contributed by atoms with Crippen LogP contribution in [-0.2, 0) is 9.59 Å². The molecule has 3 aromatic carbocycles. The number of benzene rings is 3. The first-order valence-corrected chi connectivity index (χ1v) is 11.5. The third kappa shape index (κ3) is 4.17. The Morgan fingerprint density at radius 1 is 1.03 bits per heavy atom. The number of imidazole rings is 1. The zero-order valence-electron chi connectivity index (χ0n) is 19.4. The van der Waals surface area contributed by atoms with Gasteiger partial charge in [0.1, 0.15) is 11.5 Å². The van der Waals surface area contributed by atoms with E-state index in [2.05, 4.69) is 9.97 Å². The largest absolute Gasteiger partial charge is 0.507 e. The van der Waals surface area contributed by atoms with Gasteiger partial charge in [-0.15, -0.1) is 0 Å². The molecule has 1 aromatic heterocycles. The lowest BCUT2D eigenvalue weighted by atomic mass is 9.95. The van der Waals surface area contributed by atoms with Crippen molar-refractivity contribution in [2.24, 2.45) is 5.92 Å². The lowest BCUT2D eigenvalue weighted by Crippen LogP contribution is -2.30. The molecule has 35 heavy (non-hydrogen) atoms. The van der Waals surface area contributed by atoms with E-state index in [0.717, 1.165) is 5.52 Å². The Bertz CT molecular complexity index is 1410. The molecule has 4 aromatic rings. The predicted octanol–water partition coefficient (Wildman–Crippen LogP) is 5.22. The number of aromatic nitrogens is 2. The summed E-state index contributed by atoms with van der Waals surface area (Å²) in [6.45, 7) is 4.61. The summed E-state index contributed by atoms with van der Waals surface area (Å²) >= 11 is 0. The number of aromatic amines is 1. The van der Waals surface area contributed by atoms with E-state index in [1.807, 2.05) is 68.4 Å². The number of amides is 1. The molecule has 0 bridgehead atoms. The molecule has 0 spiro atoms. The Morgan fingerprint density at radius 3 is 2.51 bits per heavy atom. The van der Waals surface area contributed by atoms with Gasteiger partial charge in [-0.1, -0.05) is 68.4 Å². The number of hydrogen-bond acceptors (Lipinski definition) is 5. The standard InChI is InChI=1S/C28H25N3O4/c1-17(2)16-35-20-12-8-11-19(15-20)25(32)23-24(18-9-4-3-5-10-18)31(27(34)26(23)33)28-29-21-13-6-7-14-22(21)30-28/h3-15,17,24,32H,16H2,1-2H3,(H,29,30)/b25-23+. The zero-order chi connectivity index (χ0) is 24.5. The van der Waals surface area contributed by atoms with E-state index >= 15 is 0 Å². The van der Waals surface area contributed by atoms with Crippen molar-refractivity contribution in [3.63, 3.8) is 0 Å². The number of hydrogen-bond donors (Lipinski definition) is 2. The van der Waals surface area contributed by atoms with Crippen molar-refractivity contribution >= 4 is 34.4 Å². The molecule has 5 rings (SSSR count). The second-order valence-corrected chi connectivity index (χ2v) is 8.89. The molecular formula is C28H25N3O4. The van der Waals surface area contributed by atoms with E-state index in [4.69, 9.17) is 4.74 Å². The van der Waals surface area contributed by atoms with Crippen LogP contribution in [0.2, 0.25) is 0 Å². The Kier molecular flexibility index (Phi) is 5.82. The van der Waals surface area contributed by atoms with Gasteiger partial charge < -0.3 is 14.8 Å². The summed E-state index contributed by atoms with van der Waals surface area (Å²) in [5.74, 6) is -0.636. The molecular weight excluding hydrogens is 442 g/mol. The SMILES string of the molecule is CC(C)COc1cccc(/C(O)=C2\C(=O)C(=O)N(c3nc4ccccc4[nH]3)C2c2ccccc2)c1. The second-order valence-electron chi connectivity index (χ2n) is 8.89. The summed E-state index contributed by atoms with van der Waals surface area (Å²) < 4.78 is 5.79. The van der Waals surface area contributed by atoms with Gasteiger partial charge in [0.05, 0.1) is 29.3 Å². The highest BCUT2D eigenvalue weighted by molar-refractivity contribution is 6.51. The lowest BCUT2D eigenvalue weighted by molar-refractivity contribution is -0.132. The van der Waals surface area contributed by atoms with Crippen LogP contribution in [0.4, 0.5) is 5.95 Å². The molecule has 1 amide bonds. The van der Waals surface area contributed by atoms with E-state index in [1.54, 1.807) is 24.3 Å². The topological polar surface area (TPSA) is 95.5 Å². The number of ether oxygens (including phenoxy) is 1. The van der Waals surface area contributed by atoms with E-state index in [0.29, 0.717) is 34.9 Å².